The van der Waals surface area contributed by atoms with Crippen LogP contribution in [0.25, 0.3) is 0 Å². The van der Waals surface area contributed by atoms with E-state index in [2.05, 4.69) is 0 Å². The van der Waals surface area contributed by atoms with E-state index in [1.807, 2.05) is 20.8 Å². The van der Waals surface area contributed by atoms with Crippen LogP contribution in [0.15, 0.2) is 18.2 Å². The van der Waals surface area contributed by atoms with Crippen LogP contribution >= 0.6 is 0 Å². The van der Waals surface area contributed by atoms with Crippen molar-refractivity contribution in [1.29, 1.82) is 0 Å². The van der Waals surface area contributed by atoms with Gasteiger partial charge in [0, 0.05) is 0 Å². The third-order valence-electron chi connectivity index (χ3n) is 2.26. The minimum absolute atomic E-state index is 0.258. The van der Waals surface area contributed by atoms with Gasteiger partial charge in [-0.1, -0.05) is 19.9 Å². The number of benzene rings is 1. The normalized spacial score (nSPS) is 14.1. The van der Waals surface area contributed by atoms with Gasteiger partial charge in [-0.15, -0.1) is 0 Å². The number of aryl methyl sites for hydroxylation is 1. The average molecular weight is 210 g/mol. The van der Waals surface area contributed by atoms with Crippen LogP contribution in [-0.2, 0) is 0 Å². The Balaban J connectivity index is 0.000000531. The second-order valence-corrected chi connectivity index (χ2v) is 3.69. The van der Waals surface area contributed by atoms with Crippen molar-refractivity contribution in [3.05, 3.63) is 29.6 Å². The fourth-order valence-electron chi connectivity index (χ4n) is 1.21. The van der Waals surface area contributed by atoms with Crippen molar-refractivity contribution in [2.24, 2.45) is 5.92 Å². The second-order valence-electron chi connectivity index (χ2n) is 3.69. The number of hydrogen-bond donors (Lipinski definition) is 0. The van der Waals surface area contributed by atoms with E-state index >= 15 is 0 Å². The molecule has 1 saturated carbocycles. The predicted molar refractivity (Wildman–Crippen MR) is 60.7 cm³/mol. The van der Waals surface area contributed by atoms with Crippen molar-refractivity contribution >= 4 is 0 Å². The first kappa shape index (κ1) is 12.0. The summed E-state index contributed by atoms with van der Waals surface area (Å²) in [4.78, 5) is 0. The highest BCUT2D eigenvalue weighted by Crippen LogP contribution is 2.30. The Kier molecular flexibility index (Phi) is 4.60. The summed E-state index contributed by atoms with van der Waals surface area (Å²) in [5.74, 6) is 0.804. The fraction of sp³-hybridized carbons (Fsp3) is 0.538. The monoisotopic (exact) mass is 210 g/mol. The minimum Gasteiger partial charge on any atom is -0.490 e. The molecule has 0 N–H and O–H groups in total. The molecule has 1 aliphatic carbocycles. The molecule has 1 nitrogen and oxygen atoms in total. The Morgan fingerprint density at radius 3 is 2.60 bits per heavy atom. The molecule has 1 fully saturated rings. The third kappa shape index (κ3) is 3.90. The maximum Gasteiger partial charge on any atom is 0.165 e. The van der Waals surface area contributed by atoms with E-state index in [0.717, 1.165) is 5.56 Å². The molecule has 2 heteroatoms. The molecule has 0 heterocycles. The first-order chi connectivity index (χ1) is 7.25. The van der Waals surface area contributed by atoms with Gasteiger partial charge in [0.15, 0.2) is 11.6 Å². The van der Waals surface area contributed by atoms with E-state index in [1.54, 1.807) is 12.1 Å². The Hall–Kier alpha value is -1.05. The largest absolute Gasteiger partial charge is 0.490 e. The van der Waals surface area contributed by atoms with Gasteiger partial charge in [0.25, 0.3) is 0 Å². The summed E-state index contributed by atoms with van der Waals surface area (Å²) in [6, 6.07) is 4.95. The van der Waals surface area contributed by atoms with E-state index in [9.17, 15) is 4.39 Å². The molecule has 15 heavy (non-hydrogen) atoms. The zero-order valence-electron chi connectivity index (χ0n) is 9.72. The number of rotatable bonds is 3. The molecule has 0 spiro atoms. The van der Waals surface area contributed by atoms with E-state index in [-0.39, 0.29) is 5.82 Å². The summed E-state index contributed by atoms with van der Waals surface area (Å²) in [5, 5.41) is 0. The molecule has 1 aromatic rings. The maximum atomic E-state index is 13.1. The van der Waals surface area contributed by atoms with Crippen molar-refractivity contribution in [3.8, 4) is 5.75 Å². The molecule has 0 atom stereocenters. The fourth-order valence-corrected chi connectivity index (χ4v) is 1.21. The zero-order valence-corrected chi connectivity index (χ0v) is 9.72. The van der Waals surface area contributed by atoms with E-state index in [0.29, 0.717) is 18.3 Å². The van der Waals surface area contributed by atoms with E-state index < -0.39 is 0 Å². The molecule has 0 amide bonds. The van der Waals surface area contributed by atoms with Crippen LogP contribution in [0.4, 0.5) is 4.39 Å². The molecule has 0 radical (unpaired) electrons. The van der Waals surface area contributed by atoms with Gasteiger partial charge in [0.05, 0.1) is 6.61 Å². The summed E-state index contributed by atoms with van der Waals surface area (Å²) >= 11 is 0. The van der Waals surface area contributed by atoms with Gasteiger partial charge in [0.1, 0.15) is 0 Å². The molecule has 2 rings (SSSR count). The van der Waals surface area contributed by atoms with E-state index in [4.69, 9.17) is 4.74 Å². The molecule has 0 aromatic heterocycles. The molecule has 0 unspecified atom stereocenters. The maximum absolute atomic E-state index is 13.1. The topological polar surface area (TPSA) is 9.23 Å². The summed E-state index contributed by atoms with van der Waals surface area (Å²) in [6.07, 6.45) is 2.46. The standard InChI is InChI=1S/C11H13FO.C2H6/c1-8-2-5-10(12)11(6-8)13-7-9-3-4-9;1-2/h2,5-6,9H,3-4,7H2,1H3;1-2H3. The lowest BCUT2D eigenvalue weighted by Gasteiger charge is -2.06. The van der Waals surface area contributed by atoms with Crippen LogP contribution in [-0.4, -0.2) is 6.61 Å². The Morgan fingerprint density at radius 1 is 1.33 bits per heavy atom. The lowest BCUT2D eigenvalue weighted by Crippen LogP contribution is -2.00. The number of ether oxygens (including phenoxy) is 1. The van der Waals surface area contributed by atoms with Crippen molar-refractivity contribution < 1.29 is 9.13 Å². The molecule has 0 aliphatic heterocycles. The van der Waals surface area contributed by atoms with Crippen LogP contribution in [0.3, 0.4) is 0 Å². The Labute approximate surface area is 91.3 Å². The predicted octanol–water partition coefficient (Wildman–Crippen LogP) is 3.95. The first-order valence-electron chi connectivity index (χ1n) is 5.64. The summed E-state index contributed by atoms with van der Waals surface area (Å²) in [5.41, 5.74) is 1.03. The van der Waals surface area contributed by atoms with Gasteiger partial charge in [-0.05, 0) is 43.4 Å². The van der Waals surface area contributed by atoms with Gasteiger partial charge in [0.2, 0.25) is 0 Å². The van der Waals surface area contributed by atoms with Crippen LogP contribution < -0.4 is 4.74 Å². The Bertz CT molecular complexity index is 305. The molecule has 0 saturated heterocycles. The molecular weight excluding hydrogens is 191 g/mol. The molecule has 0 bridgehead atoms. The van der Waals surface area contributed by atoms with Crippen molar-refractivity contribution in [1.82, 2.24) is 0 Å². The Morgan fingerprint density at radius 2 is 2.00 bits per heavy atom. The SMILES string of the molecule is CC.Cc1ccc(F)c(OCC2CC2)c1. The second kappa shape index (κ2) is 5.74. The highest BCUT2D eigenvalue weighted by atomic mass is 19.1. The van der Waals surface area contributed by atoms with Crippen LogP contribution in [0.1, 0.15) is 32.3 Å². The number of hydrogen-bond acceptors (Lipinski definition) is 1. The molecular formula is C13H19FO. The number of halogens is 1. The molecule has 1 aliphatic rings. The van der Waals surface area contributed by atoms with Gasteiger partial charge in [-0.25, -0.2) is 4.39 Å². The summed E-state index contributed by atoms with van der Waals surface area (Å²) in [6.45, 7) is 6.60. The third-order valence-corrected chi connectivity index (χ3v) is 2.26. The quantitative estimate of drug-likeness (QED) is 0.734. The van der Waals surface area contributed by atoms with Crippen molar-refractivity contribution in [2.75, 3.05) is 6.61 Å². The van der Waals surface area contributed by atoms with Gasteiger partial charge < -0.3 is 4.74 Å². The smallest absolute Gasteiger partial charge is 0.165 e. The lowest BCUT2D eigenvalue weighted by atomic mass is 10.2. The minimum atomic E-state index is -0.258. The summed E-state index contributed by atoms with van der Waals surface area (Å²) in [7, 11) is 0. The lowest BCUT2D eigenvalue weighted by molar-refractivity contribution is 0.285. The van der Waals surface area contributed by atoms with Gasteiger partial charge in [-0.2, -0.15) is 0 Å². The van der Waals surface area contributed by atoms with Crippen molar-refractivity contribution in [2.45, 2.75) is 33.6 Å². The van der Waals surface area contributed by atoms with Crippen molar-refractivity contribution in [3.63, 3.8) is 0 Å². The van der Waals surface area contributed by atoms with Crippen LogP contribution in [0, 0.1) is 18.7 Å². The van der Waals surface area contributed by atoms with Gasteiger partial charge >= 0.3 is 0 Å². The molecule has 1 aromatic carbocycles. The molecule has 84 valence electrons. The summed E-state index contributed by atoms with van der Waals surface area (Å²) < 4.78 is 18.5. The van der Waals surface area contributed by atoms with Crippen LogP contribution in [0.2, 0.25) is 0 Å². The van der Waals surface area contributed by atoms with Gasteiger partial charge in [-0.3, -0.25) is 0 Å². The zero-order chi connectivity index (χ0) is 11.3. The highest BCUT2D eigenvalue weighted by Gasteiger charge is 2.22. The van der Waals surface area contributed by atoms with Crippen LogP contribution in [0.5, 0.6) is 5.75 Å². The van der Waals surface area contributed by atoms with E-state index in [1.165, 1.54) is 18.9 Å². The first-order valence-corrected chi connectivity index (χ1v) is 5.64. The average Bonchev–Trinajstić information content (AvgIpc) is 3.06. The highest BCUT2D eigenvalue weighted by molar-refractivity contribution is 5.29.